The Hall–Kier alpha value is -1.27. The molecule has 0 bridgehead atoms. The average molecular weight is 384 g/mol. The summed E-state index contributed by atoms with van der Waals surface area (Å²) in [5.41, 5.74) is 3.89. The number of nitrogens with zero attached hydrogens (tertiary/aromatic N) is 1. The van der Waals surface area contributed by atoms with Crippen LogP contribution in [0.15, 0.2) is 26.0 Å². The number of halogens is 1. The number of ether oxygens (including phenoxy) is 1. The molecule has 0 radical (unpaired) electrons. The minimum absolute atomic E-state index is 0.207. The van der Waals surface area contributed by atoms with Gasteiger partial charge in [-0.25, -0.2) is 0 Å². The van der Waals surface area contributed by atoms with E-state index < -0.39 is 0 Å². The summed E-state index contributed by atoms with van der Waals surface area (Å²) in [6.07, 6.45) is 0. The second-order valence-corrected chi connectivity index (χ2v) is 6.99. The van der Waals surface area contributed by atoms with Crippen LogP contribution < -0.4 is 0 Å². The first-order valence-corrected chi connectivity index (χ1v) is 8.63. The van der Waals surface area contributed by atoms with Crippen molar-refractivity contribution >= 4 is 33.7 Å². The Morgan fingerprint density at radius 3 is 2.64 bits per heavy atom. The van der Waals surface area contributed by atoms with E-state index in [2.05, 4.69) is 33.2 Å². The van der Waals surface area contributed by atoms with E-state index in [9.17, 15) is 4.79 Å². The van der Waals surface area contributed by atoms with Crippen molar-refractivity contribution in [1.29, 1.82) is 0 Å². The van der Waals surface area contributed by atoms with Crippen molar-refractivity contribution in [3.63, 3.8) is 0 Å². The van der Waals surface area contributed by atoms with Crippen LogP contribution >= 0.6 is 27.7 Å². The number of benzene rings is 1. The molecule has 4 nitrogen and oxygen atoms in total. The Kier molecular flexibility index (Phi) is 5.69. The average Bonchev–Trinajstić information content (AvgIpc) is 2.78. The Morgan fingerprint density at radius 2 is 2.00 bits per heavy atom. The Balaban J connectivity index is 1.90. The molecule has 2 rings (SSSR count). The highest BCUT2D eigenvalue weighted by molar-refractivity contribution is 9.10. The van der Waals surface area contributed by atoms with Gasteiger partial charge in [-0.2, -0.15) is 0 Å². The maximum Gasteiger partial charge on any atom is 0.316 e. The van der Waals surface area contributed by atoms with Gasteiger partial charge in [-0.15, -0.1) is 11.8 Å². The zero-order valence-electron chi connectivity index (χ0n) is 13.0. The van der Waals surface area contributed by atoms with Crippen LogP contribution in [0.2, 0.25) is 0 Å². The van der Waals surface area contributed by atoms with Crippen LogP contribution in [0.3, 0.4) is 0 Å². The van der Waals surface area contributed by atoms with Crippen LogP contribution in [-0.4, -0.2) is 16.9 Å². The Labute approximate surface area is 142 Å². The van der Waals surface area contributed by atoms with Crippen molar-refractivity contribution in [3.8, 4) is 0 Å². The lowest BCUT2D eigenvalue weighted by Crippen LogP contribution is -2.08. The summed E-state index contributed by atoms with van der Waals surface area (Å²) in [7, 11) is 0. The molecule has 0 spiro atoms. The number of aromatic nitrogens is 1. The summed E-state index contributed by atoms with van der Waals surface area (Å²) in [6.45, 7) is 7.91. The Morgan fingerprint density at radius 1 is 1.27 bits per heavy atom. The van der Waals surface area contributed by atoms with Gasteiger partial charge in [0.25, 0.3) is 0 Å². The third kappa shape index (κ3) is 4.14. The summed E-state index contributed by atoms with van der Waals surface area (Å²) in [5.74, 6) is 0.730. The second-order valence-electron chi connectivity index (χ2n) is 5.12. The van der Waals surface area contributed by atoms with Crippen molar-refractivity contribution in [1.82, 2.24) is 5.16 Å². The number of thioether (sulfide) groups is 1. The molecule has 0 N–H and O–H groups in total. The fourth-order valence-electron chi connectivity index (χ4n) is 1.95. The first-order chi connectivity index (χ1) is 10.4. The van der Waals surface area contributed by atoms with Gasteiger partial charge in [0.05, 0.1) is 17.0 Å². The third-order valence-electron chi connectivity index (χ3n) is 3.36. The molecule has 0 aliphatic carbocycles. The van der Waals surface area contributed by atoms with Gasteiger partial charge in [0.2, 0.25) is 0 Å². The van der Waals surface area contributed by atoms with Gasteiger partial charge in [0.1, 0.15) is 12.4 Å². The molecule has 118 valence electrons. The standard InChI is InChI=1S/C16H18BrNO3S/c1-9-6-15(10(2)5-14(9)17)22-8-16(19)20-7-13-11(3)18-21-12(13)4/h5-6H,7-8H2,1-4H3. The molecule has 6 heteroatoms. The number of carbonyl (C=O) groups excluding carboxylic acids is 1. The van der Waals surface area contributed by atoms with Gasteiger partial charge in [-0.05, 0) is 51.0 Å². The molecular weight excluding hydrogens is 366 g/mol. The van der Waals surface area contributed by atoms with Gasteiger partial charge in [0.15, 0.2) is 0 Å². The maximum absolute atomic E-state index is 11.9. The summed E-state index contributed by atoms with van der Waals surface area (Å²) in [6, 6.07) is 4.14. The molecule has 0 saturated heterocycles. The minimum atomic E-state index is -0.245. The molecule has 0 amide bonds. The van der Waals surface area contributed by atoms with E-state index in [4.69, 9.17) is 9.26 Å². The van der Waals surface area contributed by atoms with Crippen LogP contribution in [0.1, 0.15) is 28.1 Å². The summed E-state index contributed by atoms with van der Waals surface area (Å²) < 4.78 is 11.4. The molecule has 0 unspecified atom stereocenters. The zero-order valence-corrected chi connectivity index (χ0v) is 15.4. The molecule has 0 atom stereocenters. The summed E-state index contributed by atoms with van der Waals surface area (Å²) >= 11 is 4.99. The molecule has 22 heavy (non-hydrogen) atoms. The maximum atomic E-state index is 11.9. The number of aryl methyl sites for hydroxylation is 4. The zero-order chi connectivity index (χ0) is 16.3. The van der Waals surface area contributed by atoms with E-state index in [-0.39, 0.29) is 18.3 Å². The van der Waals surface area contributed by atoms with Gasteiger partial charge in [-0.1, -0.05) is 21.1 Å². The molecule has 0 aliphatic heterocycles. The van der Waals surface area contributed by atoms with Gasteiger partial charge < -0.3 is 9.26 Å². The fraction of sp³-hybridized carbons (Fsp3) is 0.375. The summed E-state index contributed by atoms with van der Waals surface area (Å²) in [4.78, 5) is 13.0. The van der Waals surface area contributed by atoms with Crippen molar-refractivity contribution in [2.45, 2.75) is 39.2 Å². The van der Waals surface area contributed by atoms with Gasteiger partial charge >= 0.3 is 5.97 Å². The topological polar surface area (TPSA) is 52.3 Å². The minimum Gasteiger partial charge on any atom is -0.460 e. The lowest BCUT2D eigenvalue weighted by atomic mass is 10.2. The van der Waals surface area contributed by atoms with Crippen molar-refractivity contribution in [2.24, 2.45) is 0 Å². The molecule has 0 aliphatic rings. The van der Waals surface area contributed by atoms with Crippen molar-refractivity contribution < 1.29 is 14.1 Å². The largest absolute Gasteiger partial charge is 0.460 e. The Bertz CT molecular complexity index is 677. The van der Waals surface area contributed by atoms with Crippen LogP contribution in [0.25, 0.3) is 0 Å². The van der Waals surface area contributed by atoms with E-state index in [0.717, 1.165) is 31.8 Å². The number of esters is 1. The first kappa shape index (κ1) is 17.1. The third-order valence-corrected chi connectivity index (χ3v) is 5.35. The second kappa shape index (κ2) is 7.33. The molecule has 1 aromatic heterocycles. The van der Waals surface area contributed by atoms with E-state index in [0.29, 0.717) is 5.76 Å². The van der Waals surface area contributed by atoms with Crippen molar-refractivity contribution in [2.75, 3.05) is 5.75 Å². The van der Waals surface area contributed by atoms with E-state index in [1.54, 1.807) is 0 Å². The summed E-state index contributed by atoms with van der Waals surface area (Å²) in [5, 5.41) is 3.84. The number of rotatable bonds is 5. The molecule has 0 saturated carbocycles. The SMILES string of the molecule is Cc1cc(SCC(=O)OCc2c(C)noc2C)c(C)cc1Br. The normalized spacial score (nSPS) is 10.8. The predicted molar refractivity (Wildman–Crippen MR) is 90.1 cm³/mol. The van der Waals surface area contributed by atoms with E-state index in [1.165, 1.54) is 11.8 Å². The molecule has 1 aromatic carbocycles. The van der Waals surface area contributed by atoms with Gasteiger partial charge in [0, 0.05) is 9.37 Å². The molecule has 1 heterocycles. The molecule has 2 aromatic rings. The fourth-order valence-corrected chi connectivity index (χ4v) is 3.31. The highest BCUT2D eigenvalue weighted by Gasteiger charge is 2.13. The lowest BCUT2D eigenvalue weighted by Gasteiger charge is -2.09. The smallest absolute Gasteiger partial charge is 0.316 e. The molecular formula is C16H18BrNO3S. The quantitative estimate of drug-likeness (QED) is 0.561. The highest BCUT2D eigenvalue weighted by atomic mass is 79.9. The van der Waals surface area contributed by atoms with Crippen LogP contribution in [0, 0.1) is 27.7 Å². The molecule has 0 fully saturated rings. The van der Waals surface area contributed by atoms with Crippen molar-refractivity contribution in [3.05, 3.63) is 44.7 Å². The monoisotopic (exact) mass is 383 g/mol. The van der Waals surface area contributed by atoms with Crippen LogP contribution in [-0.2, 0) is 16.1 Å². The first-order valence-electron chi connectivity index (χ1n) is 6.85. The van der Waals surface area contributed by atoms with Crippen LogP contribution in [0.4, 0.5) is 0 Å². The predicted octanol–water partition coefficient (Wildman–Crippen LogP) is 4.51. The lowest BCUT2D eigenvalue weighted by molar-refractivity contribution is -0.141. The highest BCUT2D eigenvalue weighted by Crippen LogP contribution is 2.28. The van der Waals surface area contributed by atoms with E-state index >= 15 is 0 Å². The van der Waals surface area contributed by atoms with Crippen LogP contribution in [0.5, 0.6) is 0 Å². The van der Waals surface area contributed by atoms with E-state index in [1.807, 2.05) is 27.7 Å². The van der Waals surface area contributed by atoms with Gasteiger partial charge in [-0.3, -0.25) is 4.79 Å². The number of carbonyl (C=O) groups is 1. The number of hydrogen-bond donors (Lipinski definition) is 0. The number of hydrogen-bond acceptors (Lipinski definition) is 5.